The smallest absolute Gasteiger partial charge is 0.0242 e. The van der Waals surface area contributed by atoms with Gasteiger partial charge >= 0.3 is 0 Å². The van der Waals surface area contributed by atoms with E-state index in [0.717, 1.165) is 12.8 Å². The maximum Gasteiger partial charge on any atom is 0.0242 e. The maximum absolute atomic E-state index is 2.61. The molecule has 3 aromatic carbocycles. The fraction of sp³-hybridized carbons (Fsp3) is 0.0769. The SMILES string of the molecule is I/C(=C/P(C1=CC=CCC1)c1ccccc1)P(c1ccccc1)c1ccccc1. The number of rotatable bonds is 6. The molecule has 0 aromatic heterocycles. The van der Waals surface area contributed by atoms with E-state index in [9.17, 15) is 0 Å². The summed E-state index contributed by atoms with van der Waals surface area (Å²) in [5, 5.41) is 5.83. The molecule has 0 amide bonds. The van der Waals surface area contributed by atoms with E-state index in [2.05, 4.69) is 138 Å². The van der Waals surface area contributed by atoms with Gasteiger partial charge in [0.1, 0.15) is 0 Å². The van der Waals surface area contributed by atoms with Gasteiger partial charge in [-0.15, -0.1) is 0 Å². The molecule has 0 saturated heterocycles. The van der Waals surface area contributed by atoms with Gasteiger partial charge in [0.2, 0.25) is 0 Å². The highest BCUT2D eigenvalue weighted by atomic mass is 127. The average Bonchev–Trinajstić information content (AvgIpc) is 2.80. The normalized spacial score (nSPS) is 15.2. The third kappa shape index (κ3) is 5.34. The van der Waals surface area contributed by atoms with Crippen molar-refractivity contribution in [2.45, 2.75) is 12.8 Å². The quantitative estimate of drug-likeness (QED) is 0.233. The van der Waals surface area contributed by atoms with Crippen molar-refractivity contribution in [3.05, 3.63) is 124 Å². The molecule has 29 heavy (non-hydrogen) atoms. The van der Waals surface area contributed by atoms with Crippen molar-refractivity contribution in [1.29, 1.82) is 0 Å². The summed E-state index contributed by atoms with van der Waals surface area (Å²) in [6.45, 7) is 0. The van der Waals surface area contributed by atoms with Crippen LogP contribution in [0.3, 0.4) is 0 Å². The molecule has 0 saturated carbocycles. The molecule has 0 heterocycles. The largest absolute Gasteiger partial charge is 0.0842 e. The molecule has 1 unspecified atom stereocenters. The lowest BCUT2D eigenvalue weighted by atomic mass is 10.2. The fourth-order valence-corrected chi connectivity index (χ4v) is 10.4. The minimum Gasteiger partial charge on any atom is -0.0842 e. The van der Waals surface area contributed by atoms with Crippen LogP contribution in [0.2, 0.25) is 0 Å². The van der Waals surface area contributed by atoms with Crippen molar-refractivity contribution in [2.75, 3.05) is 0 Å². The first-order valence-corrected chi connectivity index (χ1v) is 13.6. The van der Waals surface area contributed by atoms with E-state index >= 15 is 0 Å². The Labute approximate surface area is 190 Å². The minimum atomic E-state index is -0.537. The Hall–Kier alpha value is -1.53. The number of allylic oxidation sites excluding steroid dienone is 4. The van der Waals surface area contributed by atoms with E-state index in [1.165, 1.54) is 19.2 Å². The van der Waals surface area contributed by atoms with Crippen LogP contribution in [0.4, 0.5) is 0 Å². The standard InChI is InChI=1S/C26H23IP2/c27-26(29(24-17-9-3-10-18-24)25-19-11-4-12-20-25)21-28(22-13-5-1-6-14-22)23-15-7-2-8-16-23/h1-7,9-15,17-21H,8,16H2/b26-21-. The summed E-state index contributed by atoms with van der Waals surface area (Å²) in [4.78, 5) is 0. The van der Waals surface area contributed by atoms with Crippen molar-refractivity contribution in [2.24, 2.45) is 0 Å². The molecule has 0 N–H and O–H groups in total. The summed E-state index contributed by atoms with van der Waals surface area (Å²) < 4.78 is 1.46. The van der Waals surface area contributed by atoms with Crippen LogP contribution in [0.15, 0.2) is 124 Å². The molecule has 0 radical (unpaired) electrons. The van der Waals surface area contributed by atoms with Crippen LogP contribution >= 0.6 is 38.4 Å². The molecule has 0 aliphatic heterocycles. The first kappa shape index (κ1) is 20.7. The third-order valence-corrected chi connectivity index (χ3v) is 11.8. The Balaban J connectivity index is 1.79. The van der Waals surface area contributed by atoms with E-state index in [1.54, 1.807) is 5.31 Å². The van der Waals surface area contributed by atoms with E-state index < -0.39 is 15.8 Å². The van der Waals surface area contributed by atoms with Crippen molar-refractivity contribution in [3.8, 4) is 0 Å². The van der Waals surface area contributed by atoms with Crippen LogP contribution in [-0.4, -0.2) is 0 Å². The molecule has 0 spiro atoms. The van der Waals surface area contributed by atoms with Gasteiger partial charge in [-0.05, 0) is 78.3 Å². The Morgan fingerprint density at radius 2 is 1.24 bits per heavy atom. The van der Waals surface area contributed by atoms with Crippen LogP contribution in [0.1, 0.15) is 12.8 Å². The highest BCUT2D eigenvalue weighted by molar-refractivity contribution is 14.1. The third-order valence-electron chi connectivity index (χ3n) is 4.81. The van der Waals surface area contributed by atoms with Gasteiger partial charge in [-0.1, -0.05) is 109 Å². The zero-order valence-electron chi connectivity index (χ0n) is 16.2. The van der Waals surface area contributed by atoms with Gasteiger partial charge in [0.05, 0.1) is 0 Å². The number of hydrogen-bond donors (Lipinski definition) is 0. The van der Waals surface area contributed by atoms with Crippen molar-refractivity contribution in [3.63, 3.8) is 0 Å². The second-order valence-electron chi connectivity index (χ2n) is 6.79. The Morgan fingerprint density at radius 1 is 0.724 bits per heavy atom. The summed E-state index contributed by atoms with van der Waals surface area (Å²) >= 11 is 2.61. The van der Waals surface area contributed by atoms with E-state index in [0.29, 0.717) is 0 Å². The van der Waals surface area contributed by atoms with E-state index in [-0.39, 0.29) is 0 Å². The highest BCUT2D eigenvalue weighted by Crippen LogP contribution is 2.56. The average molecular weight is 524 g/mol. The minimum absolute atomic E-state index is 0.470. The second kappa shape index (κ2) is 10.5. The van der Waals surface area contributed by atoms with Gasteiger partial charge in [0, 0.05) is 3.32 Å². The van der Waals surface area contributed by atoms with Crippen LogP contribution in [0.5, 0.6) is 0 Å². The van der Waals surface area contributed by atoms with Gasteiger partial charge in [0.25, 0.3) is 0 Å². The van der Waals surface area contributed by atoms with Gasteiger partial charge in [-0.3, -0.25) is 0 Å². The predicted octanol–water partition coefficient (Wildman–Crippen LogP) is 7.39. The molecule has 3 aromatic rings. The van der Waals surface area contributed by atoms with E-state index in [4.69, 9.17) is 0 Å². The first-order chi connectivity index (χ1) is 14.3. The van der Waals surface area contributed by atoms with E-state index in [1.807, 2.05) is 0 Å². The molecule has 1 aliphatic rings. The second-order valence-corrected chi connectivity index (χ2v) is 13.1. The van der Waals surface area contributed by atoms with Gasteiger partial charge in [0.15, 0.2) is 0 Å². The molecule has 0 nitrogen and oxygen atoms in total. The molecule has 4 rings (SSSR count). The highest BCUT2D eigenvalue weighted by Gasteiger charge is 2.21. The molecule has 1 atom stereocenters. The molecule has 3 heteroatoms. The van der Waals surface area contributed by atoms with Crippen LogP contribution in [0.25, 0.3) is 0 Å². The molecule has 1 aliphatic carbocycles. The summed E-state index contributed by atoms with van der Waals surface area (Å²) in [7, 11) is -1.01. The van der Waals surface area contributed by atoms with Gasteiger partial charge in [-0.2, -0.15) is 0 Å². The zero-order valence-corrected chi connectivity index (χ0v) is 20.1. The first-order valence-electron chi connectivity index (χ1n) is 9.80. The Bertz CT molecular complexity index is 969. The topological polar surface area (TPSA) is 0 Å². The number of hydrogen-bond acceptors (Lipinski definition) is 0. The molecule has 144 valence electrons. The van der Waals surface area contributed by atoms with Crippen LogP contribution < -0.4 is 15.9 Å². The van der Waals surface area contributed by atoms with Crippen LogP contribution in [-0.2, 0) is 0 Å². The molecule has 0 fully saturated rings. The number of benzene rings is 3. The Morgan fingerprint density at radius 3 is 1.72 bits per heavy atom. The zero-order chi connectivity index (χ0) is 19.9. The summed E-state index contributed by atoms with van der Waals surface area (Å²) in [6, 6.07) is 33.0. The lowest BCUT2D eigenvalue weighted by Crippen LogP contribution is -2.11. The molecular weight excluding hydrogens is 501 g/mol. The van der Waals surface area contributed by atoms with Crippen molar-refractivity contribution >= 4 is 54.3 Å². The lowest BCUT2D eigenvalue weighted by Gasteiger charge is -2.23. The van der Waals surface area contributed by atoms with Gasteiger partial charge < -0.3 is 0 Å². The summed E-state index contributed by atoms with van der Waals surface area (Å²) in [5.41, 5.74) is 0. The van der Waals surface area contributed by atoms with Crippen molar-refractivity contribution < 1.29 is 0 Å². The van der Waals surface area contributed by atoms with Gasteiger partial charge in [-0.25, -0.2) is 0 Å². The molecular formula is C26H23IP2. The predicted molar refractivity (Wildman–Crippen MR) is 141 cm³/mol. The maximum atomic E-state index is 2.61. The van der Waals surface area contributed by atoms with Crippen LogP contribution in [0, 0.1) is 0 Å². The molecule has 0 bridgehead atoms. The fourth-order valence-electron chi connectivity index (χ4n) is 3.42. The summed E-state index contributed by atoms with van der Waals surface area (Å²) in [5.74, 6) is 2.57. The summed E-state index contributed by atoms with van der Waals surface area (Å²) in [6.07, 6.45) is 9.16. The Kier molecular flexibility index (Phi) is 7.49. The number of halogens is 1. The monoisotopic (exact) mass is 524 g/mol. The lowest BCUT2D eigenvalue weighted by molar-refractivity contribution is 1.02. The van der Waals surface area contributed by atoms with Crippen molar-refractivity contribution in [1.82, 2.24) is 0 Å².